The number of hydrogen-bond acceptors (Lipinski definition) is 3. The first-order valence-electron chi connectivity index (χ1n) is 5.45. The molecule has 0 radical (unpaired) electrons. The topological polar surface area (TPSA) is 49.8 Å². The van der Waals surface area contributed by atoms with Crippen LogP contribution in [0.2, 0.25) is 0 Å². The Labute approximate surface area is 94.4 Å². The van der Waals surface area contributed by atoms with Crippen LogP contribution < -0.4 is 4.74 Å². The Morgan fingerprint density at radius 3 is 2.88 bits per heavy atom. The zero-order chi connectivity index (χ0) is 11.4. The fraction of sp³-hybridized carbons (Fsp3) is 0.417. The Kier molecular flexibility index (Phi) is 3.41. The monoisotopic (exact) mass is 221 g/mol. The van der Waals surface area contributed by atoms with Gasteiger partial charge in [-0.15, -0.1) is 0 Å². The minimum atomic E-state index is -0.372. The third-order valence-corrected chi connectivity index (χ3v) is 2.77. The maximum atomic E-state index is 11.8. The Morgan fingerprint density at radius 1 is 1.44 bits per heavy atom. The number of rotatable bonds is 2. The van der Waals surface area contributed by atoms with Crippen LogP contribution in [0.3, 0.4) is 0 Å². The summed E-state index contributed by atoms with van der Waals surface area (Å²) in [7, 11) is 0. The van der Waals surface area contributed by atoms with Gasteiger partial charge in [-0.25, -0.2) is 4.79 Å². The lowest BCUT2D eigenvalue weighted by Gasteiger charge is -2.21. The molecule has 1 heterocycles. The van der Waals surface area contributed by atoms with Crippen LogP contribution in [-0.2, 0) is 0 Å². The molecule has 0 bridgehead atoms. The Bertz CT molecular complexity index is 353. The number of hydrogen-bond donors (Lipinski definition) is 1. The van der Waals surface area contributed by atoms with Crippen molar-refractivity contribution in [2.24, 2.45) is 0 Å². The molecule has 1 aliphatic rings. The first-order valence-corrected chi connectivity index (χ1v) is 5.45. The first kappa shape index (κ1) is 11.0. The van der Waals surface area contributed by atoms with Gasteiger partial charge in [-0.3, -0.25) is 0 Å². The lowest BCUT2D eigenvalue weighted by atomic mass is 10.2. The molecule has 1 aromatic rings. The van der Waals surface area contributed by atoms with Crippen molar-refractivity contribution in [1.82, 2.24) is 4.90 Å². The summed E-state index contributed by atoms with van der Waals surface area (Å²) in [4.78, 5) is 13.4. The van der Waals surface area contributed by atoms with E-state index in [1.807, 2.05) is 18.2 Å². The summed E-state index contributed by atoms with van der Waals surface area (Å²) in [6, 6.07) is 8.89. The van der Waals surface area contributed by atoms with Crippen molar-refractivity contribution in [1.29, 1.82) is 0 Å². The van der Waals surface area contributed by atoms with Crippen LogP contribution in [0.5, 0.6) is 5.75 Å². The third-order valence-electron chi connectivity index (χ3n) is 2.77. The highest BCUT2D eigenvalue weighted by atomic mass is 16.6. The number of nitrogens with zero attached hydrogens (tertiary/aromatic N) is 1. The lowest BCUT2D eigenvalue weighted by molar-refractivity contribution is 0.124. The van der Waals surface area contributed by atoms with Crippen LogP contribution in [0, 0.1) is 0 Å². The number of carbonyl (C=O) groups is 1. The molecule has 1 aromatic carbocycles. The zero-order valence-corrected chi connectivity index (χ0v) is 9.00. The molecular weight excluding hydrogens is 206 g/mol. The van der Waals surface area contributed by atoms with E-state index in [-0.39, 0.29) is 18.7 Å². The van der Waals surface area contributed by atoms with Gasteiger partial charge in [-0.2, -0.15) is 0 Å². The van der Waals surface area contributed by atoms with E-state index in [4.69, 9.17) is 9.84 Å². The largest absolute Gasteiger partial charge is 0.415 e. The summed E-state index contributed by atoms with van der Waals surface area (Å²) < 4.78 is 5.21. The van der Waals surface area contributed by atoms with Gasteiger partial charge < -0.3 is 14.7 Å². The zero-order valence-electron chi connectivity index (χ0n) is 9.00. The van der Waals surface area contributed by atoms with Crippen LogP contribution in [0.1, 0.15) is 12.8 Å². The second kappa shape index (κ2) is 4.99. The molecule has 0 spiro atoms. The molecule has 2 rings (SSSR count). The maximum absolute atomic E-state index is 11.8. The molecule has 1 amide bonds. The van der Waals surface area contributed by atoms with Crippen molar-refractivity contribution in [3.63, 3.8) is 0 Å². The third kappa shape index (κ3) is 2.33. The smallest absolute Gasteiger partial charge is 0.410 e. The van der Waals surface area contributed by atoms with Crippen molar-refractivity contribution in [3.05, 3.63) is 30.3 Å². The molecule has 0 aromatic heterocycles. The summed E-state index contributed by atoms with van der Waals surface area (Å²) in [5, 5.41) is 9.10. The normalized spacial score (nSPS) is 19.8. The molecule has 4 heteroatoms. The minimum absolute atomic E-state index is 0.00386. The van der Waals surface area contributed by atoms with Crippen LogP contribution in [-0.4, -0.2) is 35.3 Å². The SMILES string of the molecule is O=C(Oc1ccccc1)N1CCCC1CO. The summed E-state index contributed by atoms with van der Waals surface area (Å²) in [5.41, 5.74) is 0. The van der Waals surface area contributed by atoms with Crippen LogP contribution in [0.15, 0.2) is 30.3 Å². The number of aliphatic hydroxyl groups is 1. The second-order valence-electron chi connectivity index (χ2n) is 3.85. The van der Waals surface area contributed by atoms with Gasteiger partial charge in [-0.1, -0.05) is 18.2 Å². The lowest BCUT2D eigenvalue weighted by Crippen LogP contribution is -2.39. The van der Waals surface area contributed by atoms with Crippen molar-refractivity contribution in [2.45, 2.75) is 18.9 Å². The summed E-state index contributed by atoms with van der Waals surface area (Å²) in [6.07, 6.45) is 1.40. The molecule has 1 saturated heterocycles. The van der Waals surface area contributed by atoms with E-state index in [1.165, 1.54) is 0 Å². The van der Waals surface area contributed by atoms with Crippen LogP contribution in [0.25, 0.3) is 0 Å². The summed E-state index contributed by atoms with van der Waals surface area (Å²) in [5.74, 6) is 0.538. The van der Waals surface area contributed by atoms with Gasteiger partial charge in [-0.05, 0) is 25.0 Å². The average molecular weight is 221 g/mol. The molecule has 1 atom stereocenters. The number of carbonyl (C=O) groups excluding carboxylic acids is 1. The van der Waals surface area contributed by atoms with E-state index >= 15 is 0 Å². The highest BCUT2D eigenvalue weighted by Crippen LogP contribution is 2.19. The van der Waals surface area contributed by atoms with Crippen molar-refractivity contribution < 1.29 is 14.6 Å². The summed E-state index contributed by atoms with van der Waals surface area (Å²) in [6.45, 7) is 0.667. The fourth-order valence-corrected chi connectivity index (χ4v) is 1.91. The van der Waals surface area contributed by atoms with E-state index in [1.54, 1.807) is 17.0 Å². The molecule has 1 N–H and O–H groups in total. The van der Waals surface area contributed by atoms with Gasteiger partial charge in [0.05, 0.1) is 12.6 Å². The second-order valence-corrected chi connectivity index (χ2v) is 3.85. The average Bonchev–Trinajstić information content (AvgIpc) is 2.78. The number of likely N-dealkylation sites (tertiary alicyclic amines) is 1. The predicted molar refractivity (Wildman–Crippen MR) is 59.3 cm³/mol. The van der Waals surface area contributed by atoms with E-state index in [9.17, 15) is 4.79 Å². The van der Waals surface area contributed by atoms with Crippen LogP contribution >= 0.6 is 0 Å². The van der Waals surface area contributed by atoms with Gasteiger partial charge in [0.2, 0.25) is 0 Å². The molecule has 0 aliphatic carbocycles. The maximum Gasteiger partial charge on any atom is 0.415 e. The molecule has 16 heavy (non-hydrogen) atoms. The predicted octanol–water partition coefficient (Wildman–Crippen LogP) is 1.64. The molecule has 0 saturated carbocycles. The van der Waals surface area contributed by atoms with E-state index in [2.05, 4.69) is 0 Å². The molecule has 86 valence electrons. The molecule has 1 fully saturated rings. The van der Waals surface area contributed by atoms with Gasteiger partial charge >= 0.3 is 6.09 Å². The molecule has 4 nitrogen and oxygen atoms in total. The minimum Gasteiger partial charge on any atom is -0.410 e. The van der Waals surface area contributed by atoms with Crippen molar-refractivity contribution in [3.8, 4) is 5.75 Å². The van der Waals surface area contributed by atoms with Gasteiger partial charge in [0.15, 0.2) is 0 Å². The molecule has 1 unspecified atom stereocenters. The number of amides is 1. The van der Waals surface area contributed by atoms with E-state index < -0.39 is 0 Å². The molecule has 1 aliphatic heterocycles. The number of benzene rings is 1. The Morgan fingerprint density at radius 2 is 2.19 bits per heavy atom. The number of aliphatic hydroxyl groups excluding tert-OH is 1. The quantitative estimate of drug-likeness (QED) is 0.826. The Balaban J connectivity index is 1.98. The Hall–Kier alpha value is -1.55. The summed E-state index contributed by atoms with van der Waals surface area (Å²) >= 11 is 0. The van der Waals surface area contributed by atoms with E-state index in [0.717, 1.165) is 12.8 Å². The standard InChI is InChI=1S/C12H15NO3/c14-9-10-5-4-8-13(10)12(15)16-11-6-2-1-3-7-11/h1-3,6-7,10,14H,4-5,8-9H2. The van der Waals surface area contributed by atoms with Crippen molar-refractivity contribution >= 4 is 6.09 Å². The van der Waals surface area contributed by atoms with Crippen molar-refractivity contribution in [2.75, 3.05) is 13.2 Å². The molecular formula is C12H15NO3. The van der Waals surface area contributed by atoms with E-state index in [0.29, 0.717) is 12.3 Å². The van der Waals surface area contributed by atoms with Gasteiger partial charge in [0.1, 0.15) is 5.75 Å². The first-order chi connectivity index (χ1) is 7.81. The highest BCUT2D eigenvalue weighted by Gasteiger charge is 2.29. The van der Waals surface area contributed by atoms with Crippen LogP contribution in [0.4, 0.5) is 4.79 Å². The van der Waals surface area contributed by atoms with Gasteiger partial charge in [0, 0.05) is 6.54 Å². The fourth-order valence-electron chi connectivity index (χ4n) is 1.91. The van der Waals surface area contributed by atoms with Gasteiger partial charge in [0.25, 0.3) is 0 Å². The number of para-hydroxylation sites is 1. The number of ether oxygens (including phenoxy) is 1. The highest BCUT2D eigenvalue weighted by molar-refractivity contribution is 5.71.